The maximum atomic E-state index is 5.87. The number of para-hydroxylation sites is 1. The smallest absolute Gasteiger partial charge is 0.193 e. The van der Waals surface area contributed by atoms with Crippen LogP contribution in [0, 0.1) is 0 Å². The molecule has 2 N–H and O–H groups in total. The highest BCUT2D eigenvalue weighted by Gasteiger charge is 2.24. The Morgan fingerprint density at radius 1 is 1.35 bits per heavy atom. The molecule has 3 heterocycles. The van der Waals surface area contributed by atoms with Gasteiger partial charge in [0.1, 0.15) is 23.5 Å². The van der Waals surface area contributed by atoms with Crippen molar-refractivity contribution in [2.45, 2.75) is 25.2 Å². The molecule has 0 atom stereocenters. The molecule has 26 heavy (non-hydrogen) atoms. The van der Waals surface area contributed by atoms with Crippen LogP contribution >= 0.6 is 0 Å². The predicted octanol–water partition coefficient (Wildman–Crippen LogP) is 2.55. The highest BCUT2D eigenvalue weighted by atomic mass is 16.3. The van der Waals surface area contributed by atoms with Gasteiger partial charge in [0, 0.05) is 44.4 Å². The van der Waals surface area contributed by atoms with Crippen LogP contribution in [0.3, 0.4) is 0 Å². The monoisotopic (exact) mass is 352 g/mol. The van der Waals surface area contributed by atoms with Crippen molar-refractivity contribution in [3.8, 4) is 0 Å². The number of H-pyrrole nitrogens is 1. The normalized spacial score (nSPS) is 16.3. The van der Waals surface area contributed by atoms with E-state index in [1.54, 1.807) is 6.33 Å². The zero-order valence-electron chi connectivity index (χ0n) is 15.0. The van der Waals surface area contributed by atoms with E-state index in [9.17, 15) is 0 Å². The molecule has 0 amide bonds. The van der Waals surface area contributed by atoms with Crippen LogP contribution < -0.4 is 5.32 Å². The molecule has 1 fully saturated rings. The average molecular weight is 352 g/mol. The molecule has 0 radical (unpaired) electrons. The van der Waals surface area contributed by atoms with Gasteiger partial charge in [0.15, 0.2) is 5.96 Å². The van der Waals surface area contributed by atoms with Crippen molar-refractivity contribution in [1.82, 2.24) is 25.4 Å². The summed E-state index contributed by atoms with van der Waals surface area (Å²) in [6.07, 6.45) is 4.53. The molecule has 1 aliphatic rings. The summed E-state index contributed by atoms with van der Waals surface area (Å²) in [5.41, 5.74) is 0.946. The van der Waals surface area contributed by atoms with Crippen molar-refractivity contribution in [2.24, 2.45) is 4.99 Å². The zero-order valence-corrected chi connectivity index (χ0v) is 15.0. The van der Waals surface area contributed by atoms with Crippen molar-refractivity contribution in [2.75, 3.05) is 26.7 Å². The summed E-state index contributed by atoms with van der Waals surface area (Å²) in [4.78, 5) is 11.0. The first kappa shape index (κ1) is 16.6. The molecular formula is C19H24N6O. The summed E-state index contributed by atoms with van der Waals surface area (Å²) in [5.74, 6) is 3.41. The summed E-state index contributed by atoms with van der Waals surface area (Å²) in [5, 5.41) is 11.6. The second-order valence-electron chi connectivity index (χ2n) is 6.61. The lowest BCUT2D eigenvalue weighted by molar-refractivity contribution is 0.299. The van der Waals surface area contributed by atoms with Crippen molar-refractivity contribution < 1.29 is 4.42 Å². The van der Waals surface area contributed by atoms with Gasteiger partial charge in [-0.25, -0.2) is 4.98 Å². The quantitative estimate of drug-likeness (QED) is 0.557. The summed E-state index contributed by atoms with van der Waals surface area (Å²) < 4.78 is 5.87. The number of aromatic nitrogens is 3. The number of likely N-dealkylation sites (tertiary alicyclic amines) is 1. The zero-order chi connectivity index (χ0) is 17.8. The van der Waals surface area contributed by atoms with Crippen LogP contribution in [0.4, 0.5) is 0 Å². The number of hydrogen-bond donors (Lipinski definition) is 2. The number of hydrogen-bond acceptors (Lipinski definition) is 4. The molecule has 0 spiro atoms. The molecule has 4 rings (SSSR count). The standard InChI is InChI=1S/C19H24N6O/c1-20-19(25-10-7-14(8-11-25)18-22-13-23-24-18)21-9-6-16-12-15-4-2-3-5-17(15)26-16/h2-5,12-14H,6-11H2,1H3,(H,20,21)(H,22,23,24). The van der Waals surface area contributed by atoms with Crippen LogP contribution in [0.15, 0.2) is 46.1 Å². The molecule has 0 aliphatic carbocycles. The van der Waals surface area contributed by atoms with Gasteiger partial charge in [-0.3, -0.25) is 10.1 Å². The fourth-order valence-corrected chi connectivity index (χ4v) is 3.57. The van der Waals surface area contributed by atoms with Crippen molar-refractivity contribution in [3.05, 3.63) is 48.2 Å². The van der Waals surface area contributed by atoms with Gasteiger partial charge < -0.3 is 14.6 Å². The fraction of sp³-hybridized carbons (Fsp3) is 0.421. The van der Waals surface area contributed by atoms with Crippen LogP contribution in [0.2, 0.25) is 0 Å². The fourth-order valence-electron chi connectivity index (χ4n) is 3.57. The number of fused-ring (bicyclic) bond motifs is 1. The Labute approximate surface area is 152 Å². The molecule has 1 aliphatic heterocycles. The summed E-state index contributed by atoms with van der Waals surface area (Å²) in [6.45, 7) is 2.74. The van der Waals surface area contributed by atoms with Gasteiger partial charge in [-0.15, -0.1) is 0 Å². The molecular weight excluding hydrogens is 328 g/mol. The molecule has 2 aromatic heterocycles. The van der Waals surface area contributed by atoms with Crippen molar-refractivity contribution in [1.29, 1.82) is 0 Å². The molecule has 1 aromatic carbocycles. The summed E-state index contributed by atoms with van der Waals surface area (Å²) in [7, 11) is 1.84. The van der Waals surface area contributed by atoms with E-state index >= 15 is 0 Å². The maximum Gasteiger partial charge on any atom is 0.193 e. The molecule has 0 unspecified atom stereocenters. The highest BCUT2D eigenvalue weighted by Crippen LogP contribution is 2.25. The minimum absolute atomic E-state index is 0.461. The van der Waals surface area contributed by atoms with Crippen molar-refractivity contribution in [3.63, 3.8) is 0 Å². The second-order valence-corrected chi connectivity index (χ2v) is 6.61. The van der Waals surface area contributed by atoms with Crippen LogP contribution in [0.1, 0.15) is 30.3 Å². The van der Waals surface area contributed by atoms with Gasteiger partial charge >= 0.3 is 0 Å². The molecule has 0 saturated carbocycles. The third-order valence-electron chi connectivity index (χ3n) is 4.96. The van der Waals surface area contributed by atoms with E-state index < -0.39 is 0 Å². The van der Waals surface area contributed by atoms with Crippen LogP contribution in [-0.4, -0.2) is 52.7 Å². The summed E-state index contributed by atoms with van der Waals surface area (Å²) in [6, 6.07) is 10.2. The SMILES string of the molecule is CN=C(NCCc1cc2ccccc2o1)N1CCC(c2ncn[nH]2)CC1. The van der Waals surface area contributed by atoms with Gasteiger partial charge in [0.2, 0.25) is 0 Å². The van der Waals surface area contributed by atoms with Gasteiger partial charge in [0.25, 0.3) is 0 Å². The lowest BCUT2D eigenvalue weighted by Gasteiger charge is -2.33. The van der Waals surface area contributed by atoms with E-state index in [2.05, 4.69) is 42.5 Å². The van der Waals surface area contributed by atoms with E-state index in [4.69, 9.17) is 4.42 Å². The number of aromatic amines is 1. The van der Waals surface area contributed by atoms with E-state index in [0.717, 1.165) is 67.4 Å². The molecule has 7 heteroatoms. The van der Waals surface area contributed by atoms with E-state index in [1.807, 2.05) is 25.2 Å². The third-order valence-corrected chi connectivity index (χ3v) is 4.96. The highest BCUT2D eigenvalue weighted by molar-refractivity contribution is 5.80. The lowest BCUT2D eigenvalue weighted by atomic mass is 9.96. The first-order valence-corrected chi connectivity index (χ1v) is 9.12. The second kappa shape index (κ2) is 7.59. The van der Waals surface area contributed by atoms with Crippen molar-refractivity contribution >= 4 is 16.9 Å². The van der Waals surface area contributed by atoms with Gasteiger partial charge in [-0.2, -0.15) is 5.10 Å². The number of furan rings is 1. The molecule has 1 saturated heterocycles. The number of benzene rings is 1. The topological polar surface area (TPSA) is 82.3 Å². The predicted molar refractivity (Wildman–Crippen MR) is 101 cm³/mol. The number of guanidine groups is 1. The summed E-state index contributed by atoms with van der Waals surface area (Å²) >= 11 is 0. The van der Waals surface area contributed by atoms with Gasteiger partial charge in [-0.05, 0) is 25.0 Å². The minimum atomic E-state index is 0.461. The lowest BCUT2D eigenvalue weighted by Crippen LogP contribution is -2.45. The Kier molecular flexibility index (Phi) is 4.86. The number of rotatable bonds is 4. The van der Waals surface area contributed by atoms with Crippen LogP contribution in [-0.2, 0) is 6.42 Å². The Morgan fingerprint density at radius 2 is 2.19 bits per heavy atom. The molecule has 7 nitrogen and oxygen atoms in total. The van der Waals surface area contributed by atoms with E-state index in [1.165, 1.54) is 0 Å². The first-order chi connectivity index (χ1) is 12.8. The first-order valence-electron chi connectivity index (χ1n) is 9.12. The van der Waals surface area contributed by atoms with Gasteiger partial charge in [-0.1, -0.05) is 18.2 Å². The van der Waals surface area contributed by atoms with Crippen LogP contribution in [0.5, 0.6) is 0 Å². The minimum Gasteiger partial charge on any atom is -0.461 e. The Bertz CT molecular complexity index is 828. The van der Waals surface area contributed by atoms with E-state index in [0.29, 0.717) is 5.92 Å². The van der Waals surface area contributed by atoms with E-state index in [-0.39, 0.29) is 0 Å². The largest absolute Gasteiger partial charge is 0.461 e. The Hall–Kier alpha value is -2.83. The van der Waals surface area contributed by atoms with Gasteiger partial charge in [0.05, 0.1) is 0 Å². The molecule has 3 aromatic rings. The Morgan fingerprint density at radius 3 is 2.92 bits per heavy atom. The molecule has 136 valence electrons. The number of nitrogens with one attached hydrogen (secondary N) is 2. The average Bonchev–Trinajstić information content (AvgIpc) is 3.35. The third kappa shape index (κ3) is 3.56. The van der Waals surface area contributed by atoms with Crippen LogP contribution in [0.25, 0.3) is 11.0 Å². The number of piperidine rings is 1. The number of nitrogens with zero attached hydrogens (tertiary/aromatic N) is 4. The molecule has 0 bridgehead atoms. The number of aliphatic imine (C=N–C) groups is 1. The Balaban J connectivity index is 1.28. The maximum absolute atomic E-state index is 5.87.